The number of nitrogens with zero attached hydrogens (tertiary/aromatic N) is 5. The van der Waals surface area contributed by atoms with Crippen molar-refractivity contribution in [2.45, 2.75) is 142 Å². The maximum Gasteiger partial charge on any atom is 0.316 e. The van der Waals surface area contributed by atoms with Crippen molar-refractivity contribution in [3.63, 3.8) is 0 Å². The number of aliphatic hydroxyl groups is 2. The Morgan fingerprint density at radius 1 is 1.18 bits per heavy atom. The highest BCUT2D eigenvalue weighted by molar-refractivity contribution is 6.00. The van der Waals surface area contributed by atoms with Crippen molar-refractivity contribution in [2.24, 2.45) is 27.9 Å². The quantitative estimate of drug-likeness (QED) is 0.204. The number of hydrogen-bond acceptors (Lipinski definition) is 16. The predicted octanol–water partition coefficient (Wildman–Crippen LogP) is 2.72. The molecule has 3 fully saturated rings. The molecule has 2 bridgehead atoms. The molecule has 316 valence electrons. The van der Waals surface area contributed by atoms with E-state index in [1.807, 2.05) is 38.9 Å². The molecule has 3 aliphatic heterocycles. The van der Waals surface area contributed by atoms with Gasteiger partial charge in [0.25, 0.3) is 0 Å². The molecule has 57 heavy (non-hydrogen) atoms. The summed E-state index contributed by atoms with van der Waals surface area (Å²) in [5, 5.41) is 37.4. The highest BCUT2D eigenvalue weighted by Crippen LogP contribution is 2.39. The minimum atomic E-state index is -1.85. The number of nitrogens with two attached hydrogens (primary N) is 1. The summed E-state index contributed by atoms with van der Waals surface area (Å²) in [5.74, 6) is -4.66. The van der Waals surface area contributed by atoms with Gasteiger partial charge in [-0.25, -0.2) is 9.98 Å². The lowest BCUT2D eigenvalue weighted by Gasteiger charge is -2.47. The van der Waals surface area contributed by atoms with Gasteiger partial charge in [-0.2, -0.15) is 5.26 Å². The lowest BCUT2D eigenvalue weighted by Crippen LogP contribution is -2.59. The number of Topliss-reactive ketones (excluding diaryl/α,β-unsaturated/α-hetero) is 1. The van der Waals surface area contributed by atoms with E-state index in [4.69, 9.17) is 34.3 Å². The number of amides is 1. The summed E-state index contributed by atoms with van der Waals surface area (Å²) in [7, 11) is 3.70. The number of likely N-dealkylation sites (N-methyl/N-ethyl adjacent to an activating group) is 1. The summed E-state index contributed by atoms with van der Waals surface area (Å²) in [6.45, 7) is 12.5. The number of aliphatic imine (C=N–C) groups is 1. The molecule has 0 aliphatic carbocycles. The Kier molecular flexibility index (Phi) is 15.5. The molecule has 0 saturated carbocycles. The van der Waals surface area contributed by atoms with Gasteiger partial charge in [0, 0.05) is 31.0 Å². The summed E-state index contributed by atoms with van der Waals surface area (Å²) < 4.78 is 32.0. The normalized spacial score (nSPS) is 37.5. The van der Waals surface area contributed by atoms with Crippen LogP contribution in [0.5, 0.6) is 0 Å². The Labute approximate surface area is 334 Å². The summed E-state index contributed by atoms with van der Waals surface area (Å²) in [4.78, 5) is 57.0. The van der Waals surface area contributed by atoms with Crippen LogP contribution in [0.2, 0.25) is 0 Å². The van der Waals surface area contributed by atoms with E-state index in [0.29, 0.717) is 17.8 Å². The molecule has 3 aliphatic rings. The van der Waals surface area contributed by atoms with E-state index in [1.165, 1.54) is 26.8 Å². The van der Waals surface area contributed by atoms with Gasteiger partial charge in [0.1, 0.15) is 41.3 Å². The molecule has 17 nitrogen and oxygen atoms in total. The van der Waals surface area contributed by atoms with Gasteiger partial charge in [0.05, 0.1) is 48.4 Å². The van der Waals surface area contributed by atoms with E-state index >= 15 is 0 Å². The van der Waals surface area contributed by atoms with Crippen molar-refractivity contribution in [3.8, 4) is 6.07 Å². The van der Waals surface area contributed by atoms with Gasteiger partial charge in [0.15, 0.2) is 18.7 Å². The number of nitrogen functional groups attached to an aromatic ring is 1. The minimum absolute atomic E-state index is 0.0387. The number of pyridine rings is 1. The Balaban J connectivity index is 1.90. The number of oxime groups is 1. The maximum absolute atomic E-state index is 14.4. The highest BCUT2D eigenvalue weighted by Gasteiger charge is 2.51. The second-order valence-electron chi connectivity index (χ2n) is 16.2. The first-order valence-electron chi connectivity index (χ1n) is 19.5. The van der Waals surface area contributed by atoms with Crippen LogP contribution in [0, 0.1) is 29.1 Å². The van der Waals surface area contributed by atoms with E-state index in [1.54, 1.807) is 26.8 Å². The lowest BCUT2D eigenvalue weighted by atomic mass is 9.76. The van der Waals surface area contributed by atoms with Crippen molar-refractivity contribution in [1.82, 2.24) is 9.88 Å². The number of aromatic nitrogens is 1. The fourth-order valence-electron chi connectivity index (χ4n) is 7.90. The van der Waals surface area contributed by atoms with Crippen molar-refractivity contribution in [1.29, 1.82) is 5.26 Å². The predicted molar refractivity (Wildman–Crippen MR) is 208 cm³/mol. The number of anilines is 1. The molecular weight excluding hydrogens is 740 g/mol. The average molecular weight is 801 g/mol. The smallest absolute Gasteiger partial charge is 0.316 e. The molecule has 0 aromatic carbocycles. The number of hydrogen-bond donors (Lipinski definition) is 3. The number of carbonyl (C=O) groups excluding carboxylic acids is 3. The molecule has 0 radical (unpaired) electrons. The molecule has 0 unspecified atom stereocenters. The largest absolute Gasteiger partial charge is 0.459 e. The zero-order valence-corrected chi connectivity index (χ0v) is 34.8. The molecule has 1 aromatic heterocycles. The Morgan fingerprint density at radius 3 is 2.49 bits per heavy atom. The van der Waals surface area contributed by atoms with Crippen LogP contribution < -0.4 is 5.73 Å². The third-order valence-corrected chi connectivity index (χ3v) is 11.3. The number of cyclic esters (lactones) is 1. The third-order valence-electron chi connectivity index (χ3n) is 11.3. The number of ether oxygens (including phenoxy) is 5. The van der Waals surface area contributed by atoms with Gasteiger partial charge in [-0.05, 0) is 79.1 Å². The van der Waals surface area contributed by atoms with E-state index < -0.39 is 77.3 Å². The molecule has 4 N–H and O–H groups in total. The SMILES string of the molecule is CC[C@H]1OC(=O)[C@H](C)C(=O)[C@H](C)[C@@H](O[C@@H]2O[C@H](C)C[C@H](N(C)C)[C@H]2O)[C@@]2(C)C[C@@H](C)C(=NC(C)=O)C[C@@H](OC/C(=N/OCc3ccc(C#N)c(N)n3)CO2)[C@]1(C)O. The molecule has 1 amide bonds. The van der Waals surface area contributed by atoms with Crippen LogP contribution in [0.25, 0.3) is 0 Å². The third kappa shape index (κ3) is 11.0. The van der Waals surface area contributed by atoms with Gasteiger partial charge in [0.2, 0.25) is 5.91 Å². The van der Waals surface area contributed by atoms with Crippen molar-refractivity contribution >= 4 is 34.9 Å². The Morgan fingerprint density at radius 2 is 1.88 bits per heavy atom. The van der Waals surface area contributed by atoms with Crippen LogP contribution in [-0.2, 0) is 49.5 Å². The zero-order valence-electron chi connectivity index (χ0n) is 34.8. The average Bonchev–Trinajstić information content (AvgIpc) is 3.16. The first-order valence-corrected chi connectivity index (χ1v) is 19.5. The zero-order chi connectivity index (χ0) is 42.4. The number of ketones is 1. The van der Waals surface area contributed by atoms with Gasteiger partial charge >= 0.3 is 5.97 Å². The summed E-state index contributed by atoms with van der Waals surface area (Å²) in [5.41, 5.74) is 3.85. The van der Waals surface area contributed by atoms with Gasteiger partial charge in [-0.15, -0.1) is 0 Å². The van der Waals surface area contributed by atoms with Crippen LogP contribution in [0.3, 0.4) is 0 Å². The highest BCUT2D eigenvalue weighted by atomic mass is 16.7. The Bertz CT molecular complexity index is 1710. The van der Waals surface area contributed by atoms with Gasteiger partial charge in [-0.3, -0.25) is 14.4 Å². The molecule has 4 rings (SSSR count). The summed E-state index contributed by atoms with van der Waals surface area (Å²) >= 11 is 0. The molecule has 1 aromatic rings. The monoisotopic (exact) mass is 800 g/mol. The second-order valence-corrected chi connectivity index (χ2v) is 16.2. The Hall–Kier alpha value is -3.89. The number of rotatable bonds is 7. The minimum Gasteiger partial charge on any atom is -0.459 e. The number of carbonyl (C=O) groups is 3. The standard InChI is InChI=1S/C40H60N6O11/c1-11-31-40(8,51)32-15-29(43-25(6)47)21(2)16-39(7,53-19-28(18-52-32)45-54-20-27-13-12-26(17-41)36(42)44-27)35(23(4)33(48)24(5)37(50)56-31)57-38-34(49)30(46(9)10)14-22(3)55-38/h12-13,21-24,30-32,34-35,38,49,51H,11,14-16,18-20H2,1-10H3,(H2,42,44)/b43-29?,45-28-/t21-,22-,23+,24-,30+,31-,32-,34-,35-,38+,39-,40-/m1/s1. The van der Waals surface area contributed by atoms with Crippen LogP contribution in [0.1, 0.15) is 92.3 Å². The maximum atomic E-state index is 14.4. The lowest BCUT2D eigenvalue weighted by molar-refractivity contribution is -0.296. The van der Waals surface area contributed by atoms with E-state index in [-0.39, 0.29) is 68.3 Å². The van der Waals surface area contributed by atoms with Crippen molar-refractivity contribution < 1.29 is 53.1 Å². The summed E-state index contributed by atoms with van der Waals surface area (Å²) in [6.07, 6.45) is -5.30. The van der Waals surface area contributed by atoms with E-state index in [2.05, 4.69) is 15.1 Å². The molecule has 0 spiro atoms. The first kappa shape index (κ1) is 45.8. The van der Waals surface area contributed by atoms with Crippen LogP contribution >= 0.6 is 0 Å². The molecular formula is C40H60N6O11. The van der Waals surface area contributed by atoms with Crippen molar-refractivity contribution in [3.05, 3.63) is 23.4 Å². The van der Waals surface area contributed by atoms with Gasteiger partial charge in [-0.1, -0.05) is 25.9 Å². The molecule has 12 atom stereocenters. The van der Waals surface area contributed by atoms with Crippen LogP contribution in [0.4, 0.5) is 5.82 Å². The number of aliphatic hydroxyl groups excluding tert-OH is 1. The second kappa shape index (κ2) is 19.2. The molecule has 17 heteroatoms. The molecule has 3 saturated heterocycles. The number of nitriles is 1. The molecule has 4 heterocycles. The summed E-state index contributed by atoms with van der Waals surface area (Å²) in [6, 6.07) is 4.73. The van der Waals surface area contributed by atoms with Crippen molar-refractivity contribution in [2.75, 3.05) is 33.0 Å². The van der Waals surface area contributed by atoms with Crippen LogP contribution in [-0.4, -0.2) is 131 Å². The topological polar surface area (TPSA) is 238 Å². The first-order chi connectivity index (χ1) is 26.7. The van der Waals surface area contributed by atoms with E-state index in [9.17, 15) is 29.9 Å². The number of esters is 1. The fourth-order valence-corrected chi connectivity index (χ4v) is 7.90. The fraction of sp³-hybridized carbons (Fsp3) is 0.725. The number of fused-ring (bicyclic) bond motifs is 5. The van der Waals surface area contributed by atoms with Gasteiger partial charge < -0.3 is 49.4 Å². The van der Waals surface area contributed by atoms with Crippen LogP contribution in [0.15, 0.2) is 22.3 Å². The van der Waals surface area contributed by atoms with E-state index in [0.717, 1.165) is 0 Å².